The fraction of sp³-hybridized carbons (Fsp3) is 0.389. The summed E-state index contributed by atoms with van der Waals surface area (Å²) in [6.07, 6.45) is 2.00. The molecule has 0 aliphatic rings. The molecule has 5 nitrogen and oxygen atoms in total. The Labute approximate surface area is 145 Å². The SMILES string of the molecule is CC[C@@H](NC(=O)CCc1scnc1C)c1nc2ccc(C)cc2[nH]1. The molecule has 0 fully saturated rings. The van der Waals surface area contributed by atoms with Crippen molar-refractivity contribution in [1.82, 2.24) is 20.3 Å². The molecular weight excluding hydrogens is 320 g/mol. The third kappa shape index (κ3) is 3.64. The van der Waals surface area contributed by atoms with Gasteiger partial charge in [-0.1, -0.05) is 13.0 Å². The van der Waals surface area contributed by atoms with Gasteiger partial charge in [-0.05, 0) is 44.4 Å². The largest absolute Gasteiger partial charge is 0.346 e. The van der Waals surface area contributed by atoms with Crippen molar-refractivity contribution in [2.24, 2.45) is 0 Å². The molecule has 0 aliphatic carbocycles. The standard InChI is InChI=1S/C18H22N4OS/c1-4-13(18-21-14-6-5-11(2)9-15(14)22-18)20-17(23)8-7-16-12(3)19-10-24-16/h5-6,9-10,13H,4,7-8H2,1-3H3,(H,20,23)(H,21,22)/t13-/m1/s1. The minimum Gasteiger partial charge on any atom is -0.346 e. The molecule has 3 aromatic rings. The Hall–Kier alpha value is -2.21. The first-order chi connectivity index (χ1) is 11.6. The number of carbonyl (C=O) groups excluding carboxylic acids is 1. The third-order valence-electron chi connectivity index (χ3n) is 4.15. The van der Waals surface area contributed by atoms with Gasteiger partial charge in [0.15, 0.2) is 0 Å². The Morgan fingerprint density at radius 2 is 2.21 bits per heavy atom. The number of aromatic amines is 1. The second kappa shape index (κ2) is 7.13. The number of hydrogen-bond acceptors (Lipinski definition) is 4. The summed E-state index contributed by atoms with van der Waals surface area (Å²) in [7, 11) is 0. The number of fused-ring (bicyclic) bond motifs is 1. The Balaban J connectivity index is 1.66. The number of imidazole rings is 1. The van der Waals surface area contributed by atoms with Gasteiger partial charge in [-0.3, -0.25) is 4.79 Å². The highest BCUT2D eigenvalue weighted by molar-refractivity contribution is 7.09. The molecule has 1 atom stereocenters. The van der Waals surface area contributed by atoms with E-state index in [4.69, 9.17) is 0 Å². The topological polar surface area (TPSA) is 70.7 Å². The number of carbonyl (C=O) groups is 1. The van der Waals surface area contributed by atoms with Gasteiger partial charge in [-0.25, -0.2) is 9.97 Å². The van der Waals surface area contributed by atoms with Crippen molar-refractivity contribution in [2.75, 3.05) is 0 Å². The number of rotatable bonds is 6. The second-order valence-corrected chi connectivity index (χ2v) is 6.97. The van der Waals surface area contributed by atoms with Gasteiger partial charge >= 0.3 is 0 Å². The highest BCUT2D eigenvalue weighted by atomic mass is 32.1. The van der Waals surface area contributed by atoms with E-state index in [1.165, 1.54) is 10.4 Å². The maximum Gasteiger partial charge on any atom is 0.220 e. The summed E-state index contributed by atoms with van der Waals surface area (Å²) >= 11 is 1.61. The maximum absolute atomic E-state index is 12.3. The number of aryl methyl sites for hydroxylation is 3. The Morgan fingerprint density at radius 3 is 2.92 bits per heavy atom. The van der Waals surface area contributed by atoms with E-state index >= 15 is 0 Å². The molecule has 2 N–H and O–H groups in total. The van der Waals surface area contributed by atoms with Crippen molar-refractivity contribution in [1.29, 1.82) is 0 Å². The lowest BCUT2D eigenvalue weighted by Gasteiger charge is -2.14. The summed E-state index contributed by atoms with van der Waals surface area (Å²) in [6.45, 7) is 6.09. The van der Waals surface area contributed by atoms with E-state index in [9.17, 15) is 4.79 Å². The van der Waals surface area contributed by atoms with E-state index in [2.05, 4.69) is 40.2 Å². The summed E-state index contributed by atoms with van der Waals surface area (Å²) in [4.78, 5) is 25.7. The average Bonchev–Trinajstić information content (AvgIpc) is 3.16. The van der Waals surface area contributed by atoms with Gasteiger partial charge in [-0.15, -0.1) is 11.3 Å². The number of aromatic nitrogens is 3. The quantitative estimate of drug-likeness (QED) is 0.715. The summed E-state index contributed by atoms with van der Waals surface area (Å²) in [6, 6.07) is 6.04. The molecule has 0 radical (unpaired) electrons. The van der Waals surface area contributed by atoms with Crippen LogP contribution in [0.25, 0.3) is 11.0 Å². The van der Waals surface area contributed by atoms with Gasteiger partial charge in [0.2, 0.25) is 5.91 Å². The molecule has 0 saturated carbocycles. The molecule has 6 heteroatoms. The molecule has 24 heavy (non-hydrogen) atoms. The van der Waals surface area contributed by atoms with E-state index in [0.29, 0.717) is 6.42 Å². The first-order valence-corrected chi connectivity index (χ1v) is 9.09. The lowest BCUT2D eigenvalue weighted by molar-refractivity contribution is -0.121. The van der Waals surface area contributed by atoms with Crippen LogP contribution in [-0.4, -0.2) is 20.9 Å². The highest BCUT2D eigenvalue weighted by Crippen LogP contribution is 2.20. The van der Waals surface area contributed by atoms with Crippen LogP contribution >= 0.6 is 11.3 Å². The van der Waals surface area contributed by atoms with Crippen LogP contribution in [0.15, 0.2) is 23.7 Å². The van der Waals surface area contributed by atoms with Crippen LogP contribution in [0.4, 0.5) is 0 Å². The molecule has 126 valence electrons. The van der Waals surface area contributed by atoms with E-state index < -0.39 is 0 Å². The monoisotopic (exact) mass is 342 g/mol. The van der Waals surface area contributed by atoms with Gasteiger partial charge < -0.3 is 10.3 Å². The van der Waals surface area contributed by atoms with E-state index in [1.807, 2.05) is 24.6 Å². The zero-order valence-corrected chi connectivity index (χ0v) is 15.0. The lowest BCUT2D eigenvalue weighted by atomic mass is 10.2. The van der Waals surface area contributed by atoms with Crippen LogP contribution in [-0.2, 0) is 11.2 Å². The number of nitrogens with zero attached hydrogens (tertiary/aromatic N) is 2. The van der Waals surface area contributed by atoms with Crippen molar-refractivity contribution in [2.45, 2.75) is 46.1 Å². The van der Waals surface area contributed by atoms with E-state index in [-0.39, 0.29) is 11.9 Å². The third-order valence-corrected chi connectivity index (χ3v) is 5.15. The summed E-state index contributed by atoms with van der Waals surface area (Å²) in [5.74, 6) is 0.867. The fourth-order valence-corrected chi connectivity index (χ4v) is 3.51. The van der Waals surface area contributed by atoms with Crippen LogP contribution in [0.2, 0.25) is 0 Å². The van der Waals surface area contributed by atoms with Gasteiger partial charge in [0.25, 0.3) is 0 Å². The molecule has 1 amide bonds. The van der Waals surface area contributed by atoms with Crippen molar-refractivity contribution in [3.63, 3.8) is 0 Å². The van der Waals surface area contributed by atoms with Crippen LogP contribution in [0.5, 0.6) is 0 Å². The van der Waals surface area contributed by atoms with Gasteiger partial charge in [0.05, 0.1) is 28.3 Å². The van der Waals surface area contributed by atoms with Crippen molar-refractivity contribution >= 4 is 28.3 Å². The van der Waals surface area contributed by atoms with E-state index in [0.717, 1.165) is 35.4 Å². The smallest absolute Gasteiger partial charge is 0.220 e. The molecule has 0 aliphatic heterocycles. The molecule has 0 saturated heterocycles. The van der Waals surface area contributed by atoms with E-state index in [1.54, 1.807) is 11.3 Å². The molecule has 0 spiro atoms. The number of H-pyrrole nitrogens is 1. The molecule has 2 aromatic heterocycles. The summed E-state index contributed by atoms with van der Waals surface area (Å²) < 4.78 is 0. The highest BCUT2D eigenvalue weighted by Gasteiger charge is 2.17. The van der Waals surface area contributed by atoms with Crippen LogP contribution in [0, 0.1) is 13.8 Å². The minimum atomic E-state index is -0.0900. The normalized spacial score (nSPS) is 12.5. The molecule has 0 bridgehead atoms. The predicted molar refractivity (Wildman–Crippen MR) is 97.2 cm³/mol. The Bertz CT molecular complexity index is 852. The number of amides is 1. The molecule has 1 aromatic carbocycles. The van der Waals surface area contributed by atoms with Gasteiger partial charge in [-0.2, -0.15) is 0 Å². The summed E-state index contributed by atoms with van der Waals surface area (Å²) in [5, 5.41) is 3.09. The fourth-order valence-electron chi connectivity index (χ4n) is 2.73. The maximum atomic E-state index is 12.3. The number of hydrogen-bond donors (Lipinski definition) is 2. The second-order valence-electron chi connectivity index (χ2n) is 6.03. The molecule has 3 rings (SSSR count). The Morgan fingerprint density at radius 1 is 1.38 bits per heavy atom. The van der Waals surface area contributed by atoms with Crippen LogP contribution < -0.4 is 5.32 Å². The van der Waals surface area contributed by atoms with Gasteiger partial charge in [0, 0.05) is 11.3 Å². The molecule has 0 unspecified atom stereocenters. The number of nitrogens with one attached hydrogen (secondary N) is 2. The van der Waals surface area contributed by atoms with Gasteiger partial charge in [0.1, 0.15) is 5.82 Å². The number of thiazole rings is 1. The average molecular weight is 342 g/mol. The zero-order chi connectivity index (χ0) is 17.1. The van der Waals surface area contributed by atoms with Crippen molar-refractivity contribution in [3.8, 4) is 0 Å². The first kappa shape index (κ1) is 16.6. The van der Waals surface area contributed by atoms with Crippen molar-refractivity contribution in [3.05, 3.63) is 45.7 Å². The van der Waals surface area contributed by atoms with Crippen molar-refractivity contribution < 1.29 is 4.79 Å². The first-order valence-electron chi connectivity index (χ1n) is 8.21. The predicted octanol–water partition coefficient (Wildman–Crippen LogP) is 3.84. The number of benzene rings is 1. The Kier molecular flexibility index (Phi) is 4.94. The zero-order valence-electron chi connectivity index (χ0n) is 14.2. The van der Waals surface area contributed by atoms with Crippen LogP contribution in [0.1, 0.15) is 47.8 Å². The van der Waals surface area contributed by atoms with Crippen LogP contribution in [0.3, 0.4) is 0 Å². The molecule has 2 heterocycles. The summed E-state index contributed by atoms with van der Waals surface area (Å²) in [5.41, 5.74) is 5.98. The minimum absolute atomic E-state index is 0.0475. The molecular formula is C18H22N4OS. The lowest BCUT2D eigenvalue weighted by Crippen LogP contribution is -2.29.